The predicted molar refractivity (Wildman–Crippen MR) is 53.2 cm³/mol. The molecule has 1 atom stereocenters. The van der Waals surface area contributed by atoms with Crippen molar-refractivity contribution < 1.29 is 0 Å². The van der Waals surface area contributed by atoms with E-state index in [9.17, 15) is 0 Å². The summed E-state index contributed by atoms with van der Waals surface area (Å²) < 4.78 is -0.381. The van der Waals surface area contributed by atoms with E-state index < -0.39 is 0 Å². The largest absolute Gasteiger partial charge is 0.124 e. The maximum atomic E-state index is 6.16. The van der Waals surface area contributed by atoms with Gasteiger partial charge in [0.1, 0.15) is 3.78 Å². The minimum Gasteiger partial charge on any atom is -0.101 e. The number of alkyl halides is 2. The Morgan fingerprint density at radius 1 is 1.36 bits per heavy atom. The molecule has 0 aliphatic rings. The van der Waals surface area contributed by atoms with Gasteiger partial charge in [-0.2, -0.15) is 0 Å². The molecule has 1 rings (SSSR count). The SMILES string of the molecule is CCC(Cl)(Br)c1ccccc1. The Kier molecular flexibility index (Phi) is 2.97. The highest BCUT2D eigenvalue weighted by Crippen LogP contribution is 2.38. The Morgan fingerprint density at radius 2 is 1.91 bits per heavy atom. The molecule has 1 aromatic carbocycles. The van der Waals surface area contributed by atoms with Gasteiger partial charge in [-0.1, -0.05) is 53.2 Å². The van der Waals surface area contributed by atoms with Gasteiger partial charge in [0, 0.05) is 0 Å². The molecule has 0 nitrogen and oxygen atoms in total. The van der Waals surface area contributed by atoms with Crippen molar-refractivity contribution in [1.82, 2.24) is 0 Å². The van der Waals surface area contributed by atoms with Crippen LogP contribution in [0.3, 0.4) is 0 Å². The molecule has 0 bridgehead atoms. The molecule has 0 aromatic heterocycles. The van der Waals surface area contributed by atoms with Crippen LogP contribution in [0.5, 0.6) is 0 Å². The number of rotatable bonds is 2. The summed E-state index contributed by atoms with van der Waals surface area (Å²) in [4.78, 5) is 0. The van der Waals surface area contributed by atoms with Gasteiger partial charge in [-0.15, -0.1) is 11.6 Å². The molecule has 0 saturated carbocycles. The van der Waals surface area contributed by atoms with Crippen molar-refractivity contribution in [3.8, 4) is 0 Å². The quantitative estimate of drug-likeness (QED) is 0.680. The van der Waals surface area contributed by atoms with Crippen LogP contribution in [0.2, 0.25) is 0 Å². The van der Waals surface area contributed by atoms with Gasteiger partial charge in [0.2, 0.25) is 0 Å². The number of halogens is 2. The van der Waals surface area contributed by atoms with Crippen molar-refractivity contribution in [3.63, 3.8) is 0 Å². The maximum absolute atomic E-state index is 6.16. The molecule has 1 aromatic rings. The monoisotopic (exact) mass is 232 g/mol. The van der Waals surface area contributed by atoms with E-state index in [1.807, 2.05) is 30.3 Å². The molecule has 0 saturated heterocycles. The molecule has 0 amide bonds. The molecule has 2 heteroatoms. The topological polar surface area (TPSA) is 0 Å². The zero-order valence-electron chi connectivity index (χ0n) is 6.35. The first-order valence-corrected chi connectivity index (χ1v) is 4.77. The molecule has 0 N–H and O–H groups in total. The van der Waals surface area contributed by atoms with E-state index in [0.717, 1.165) is 12.0 Å². The first-order chi connectivity index (χ1) is 5.17. The van der Waals surface area contributed by atoms with Crippen LogP contribution < -0.4 is 0 Å². The van der Waals surface area contributed by atoms with E-state index in [-0.39, 0.29) is 3.78 Å². The van der Waals surface area contributed by atoms with Crippen molar-refractivity contribution in [2.75, 3.05) is 0 Å². The highest BCUT2D eigenvalue weighted by atomic mass is 79.9. The summed E-state index contributed by atoms with van der Waals surface area (Å²) in [5, 5.41) is 0. The van der Waals surface area contributed by atoms with Crippen LogP contribution in [0, 0.1) is 0 Å². The van der Waals surface area contributed by atoms with Crippen LogP contribution in [0.25, 0.3) is 0 Å². The van der Waals surface area contributed by atoms with Gasteiger partial charge >= 0.3 is 0 Å². The maximum Gasteiger partial charge on any atom is 0.124 e. The van der Waals surface area contributed by atoms with E-state index in [0.29, 0.717) is 0 Å². The Bertz CT molecular complexity index is 218. The first kappa shape index (κ1) is 9.08. The summed E-state index contributed by atoms with van der Waals surface area (Å²) >= 11 is 9.62. The highest BCUT2D eigenvalue weighted by molar-refractivity contribution is 9.10. The fourth-order valence-electron chi connectivity index (χ4n) is 0.886. The minimum absolute atomic E-state index is 0.381. The van der Waals surface area contributed by atoms with E-state index in [1.54, 1.807) is 0 Å². The van der Waals surface area contributed by atoms with E-state index in [1.165, 1.54) is 0 Å². The molecule has 60 valence electrons. The summed E-state index contributed by atoms with van der Waals surface area (Å²) in [5.41, 5.74) is 1.11. The third kappa shape index (κ3) is 2.21. The molecule has 0 radical (unpaired) electrons. The summed E-state index contributed by atoms with van der Waals surface area (Å²) in [5.74, 6) is 0. The lowest BCUT2D eigenvalue weighted by molar-refractivity contribution is 0.835. The molecule has 0 aliphatic heterocycles. The Balaban J connectivity index is 2.93. The van der Waals surface area contributed by atoms with Gasteiger partial charge in [0.05, 0.1) is 0 Å². The van der Waals surface area contributed by atoms with Gasteiger partial charge in [-0.05, 0) is 12.0 Å². The molecule has 0 heterocycles. The third-order valence-electron chi connectivity index (χ3n) is 1.64. The van der Waals surface area contributed by atoms with Crippen LogP contribution in [-0.4, -0.2) is 0 Å². The number of hydrogen-bond acceptors (Lipinski definition) is 0. The second-order valence-electron chi connectivity index (χ2n) is 2.42. The summed E-state index contributed by atoms with van der Waals surface area (Å²) in [6, 6.07) is 10.0. The smallest absolute Gasteiger partial charge is 0.101 e. The lowest BCUT2D eigenvalue weighted by Crippen LogP contribution is -2.06. The van der Waals surface area contributed by atoms with Gasteiger partial charge in [-0.25, -0.2) is 0 Å². The third-order valence-corrected chi connectivity index (χ3v) is 3.14. The van der Waals surface area contributed by atoms with Crippen LogP contribution in [0.4, 0.5) is 0 Å². The van der Waals surface area contributed by atoms with Crippen molar-refractivity contribution in [3.05, 3.63) is 35.9 Å². The van der Waals surface area contributed by atoms with Gasteiger partial charge < -0.3 is 0 Å². The fraction of sp³-hybridized carbons (Fsp3) is 0.333. The second-order valence-corrected chi connectivity index (χ2v) is 4.88. The molecule has 0 fully saturated rings. The van der Waals surface area contributed by atoms with E-state index >= 15 is 0 Å². The summed E-state index contributed by atoms with van der Waals surface area (Å²) in [6.07, 6.45) is 0.874. The number of hydrogen-bond donors (Lipinski definition) is 0. The minimum atomic E-state index is -0.381. The predicted octanol–water partition coefficient (Wildman–Crippen LogP) is 3.88. The molecule has 0 aliphatic carbocycles. The molecule has 1 unspecified atom stereocenters. The highest BCUT2D eigenvalue weighted by Gasteiger charge is 2.22. The van der Waals surface area contributed by atoms with Crippen LogP contribution >= 0.6 is 27.5 Å². The van der Waals surface area contributed by atoms with Crippen molar-refractivity contribution in [1.29, 1.82) is 0 Å². The van der Waals surface area contributed by atoms with Gasteiger partial charge in [0.15, 0.2) is 0 Å². The molecule has 11 heavy (non-hydrogen) atoms. The van der Waals surface area contributed by atoms with Crippen molar-refractivity contribution in [2.45, 2.75) is 17.1 Å². The Labute approximate surface area is 80.7 Å². The van der Waals surface area contributed by atoms with E-state index in [4.69, 9.17) is 11.6 Å². The van der Waals surface area contributed by atoms with Crippen LogP contribution in [0.1, 0.15) is 18.9 Å². The van der Waals surface area contributed by atoms with Gasteiger partial charge in [-0.3, -0.25) is 0 Å². The second kappa shape index (κ2) is 3.59. The lowest BCUT2D eigenvalue weighted by atomic mass is 10.1. The van der Waals surface area contributed by atoms with Gasteiger partial charge in [0.25, 0.3) is 0 Å². The fourth-order valence-corrected chi connectivity index (χ4v) is 1.28. The van der Waals surface area contributed by atoms with E-state index in [2.05, 4.69) is 22.9 Å². The standard InChI is InChI=1S/C9H10BrCl/c1-2-9(10,11)8-6-4-3-5-7-8/h3-7H,2H2,1H3. The summed E-state index contributed by atoms with van der Waals surface area (Å²) in [6.45, 7) is 2.05. The van der Waals surface area contributed by atoms with Crippen molar-refractivity contribution in [2.24, 2.45) is 0 Å². The molecular formula is C9H10BrCl. The molecule has 0 spiro atoms. The first-order valence-electron chi connectivity index (χ1n) is 3.60. The summed E-state index contributed by atoms with van der Waals surface area (Å²) in [7, 11) is 0. The van der Waals surface area contributed by atoms with Crippen LogP contribution in [0.15, 0.2) is 30.3 Å². The number of benzene rings is 1. The lowest BCUT2D eigenvalue weighted by Gasteiger charge is -2.17. The van der Waals surface area contributed by atoms with Crippen LogP contribution in [-0.2, 0) is 3.78 Å². The zero-order chi connectivity index (χ0) is 8.32. The molecular weight excluding hydrogens is 223 g/mol. The Morgan fingerprint density at radius 3 is 2.36 bits per heavy atom. The average Bonchev–Trinajstić information content (AvgIpc) is 2.06. The van der Waals surface area contributed by atoms with Crippen molar-refractivity contribution >= 4 is 27.5 Å². The normalized spacial score (nSPS) is 15.9. The zero-order valence-corrected chi connectivity index (χ0v) is 8.69. The Hall–Kier alpha value is -0.0100. The average molecular weight is 234 g/mol.